The van der Waals surface area contributed by atoms with E-state index in [1.807, 2.05) is 13.8 Å². The Morgan fingerprint density at radius 2 is 2.11 bits per heavy atom. The third-order valence-corrected chi connectivity index (χ3v) is 3.13. The highest BCUT2D eigenvalue weighted by atomic mass is 19.4. The largest absolute Gasteiger partial charge is 0.419 e. The lowest BCUT2D eigenvalue weighted by Crippen LogP contribution is -2.55. The Hall–Kier alpha value is -1.30. The summed E-state index contributed by atoms with van der Waals surface area (Å²) in [6.45, 7) is 5.04. The molecule has 2 atom stereocenters. The molecule has 1 saturated heterocycles. The van der Waals surface area contributed by atoms with Crippen molar-refractivity contribution in [2.24, 2.45) is 0 Å². The smallest absolute Gasteiger partial charge is 0.351 e. The van der Waals surface area contributed by atoms with Gasteiger partial charge < -0.3 is 10.2 Å². The average molecular weight is 259 g/mol. The van der Waals surface area contributed by atoms with E-state index in [9.17, 15) is 13.2 Å². The van der Waals surface area contributed by atoms with E-state index in [0.29, 0.717) is 13.1 Å². The summed E-state index contributed by atoms with van der Waals surface area (Å²) in [7, 11) is 0. The lowest BCUT2D eigenvalue weighted by molar-refractivity contribution is -0.137. The van der Waals surface area contributed by atoms with Crippen LogP contribution in [0.4, 0.5) is 19.0 Å². The number of nitrogens with one attached hydrogen (secondary N) is 1. The number of piperazine rings is 1. The normalized spacial score (nSPS) is 25.3. The third kappa shape index (κ3) is 2.58. The second-order valence-electron chi connectivity index (χ2n) is 4.68. The summed E-state index contributed by atoms with van der Waals surface area (Å²) in [5.74, 6) is 0.0332. The average Bonchev–Trinajstić information content (AvgIpc) is 2.31. The molecule has 100 valence electrons. The van der Waals surface area contributed by atoms with Crippen molar-refractivity contribution in [3.63, 3.8) is 0 Å². The van der Waals surface area contributed by atoms with E-state index in [1.54, 1.807) is 4.90 Å². The van der Waals surface area contributed by atoms with Gasteiger partial charge in [0.15, 0.2) is 0 Å². The molecule has 0 spiro atoms. The van der Waals surface area contributed by atoms with Gasteiger partial charge in [-0.3, -0.25) is 0 Å². The van der Waals surface area contributed by atoms with Crippen molar-refractivity contribution in [1.82, 2.24) is 10.3 Å². The first-order valence-corrected chi connectivity index (χ1v) is 5.92. The predicted octanol–water partition coefficient (Wildman–Crippen LogP) is 2.29. The summed E-state index contributed by atoms with van der Waals surface area (Å²) >= 11 is 0. The van der Waals surface area contributed by atoms with Gasteiger partial charge in [0.2, 0.25) is 0 Å². The van der Waals surface area contributed by atoms with Crippen molar-refractivity contribution >= 4 is 5.82 Å². The summed E-state index contributed by atoms with van der Waals surface area (Å²) in [5, 5.41) is 3.24. The Morgan fingerprint density at radius 3 is 2.78 bits per heavy atom. The van der Waals surface area contributed by atoms with Crippen LogP contribution in [0.25, 0.3) is 0 Å². The van der Waals surface area contributed by atoms with Crippen LogP contribution in [0.15, 0.2) is 18.3 Å². The number of aromatic nitrogens is 1. The molecule has 1 aliphatic rings. The molecule has 18 heavy (non-hydrogen) atoms. The maximum Gasteiger partial charge on any atom is 0.419 e. The number of alkyl halides is 3. The zero-order valence-corrected chi connectivity index (χ0v) is 10.3. The molecule has 2 heterocycles. The SMILES string of the molecule is CC1CN(c2ncccc2C(F)(F)F)C(C)CN1. The molecule has 0 radical (unpaired) electrons. The molecule has 3 nitrogen and oxygen atoms in total. The molecule has 2 unspecified atom stereocenters. The van der Waals surface area contributed by atoms with Crippen LogP contribution in [0.1, 0.15) is 19.4 Å². The van der Waals surface area contributed by atoms with Crippen LogP contribution in [0.2, 0.25) is 0 Å². The monoisotopic (exact) mass is 259 g/mol. The van der Waals surface area contributed by atoms with Crippen LogP contribution < -0.4 is 10.2 Å². The van der Waals surface area contributed by atoms with Gasteiger partial charge in [-0.15, -0.1) is 0 Å². The molecule has 2 rings (SSSR count). The van der Waals surface area contributed by atoms with E-state index in [-0.39, 0.29) is 17.9 Å². The molecule has 6 heteroatoms. The maximum absolute atomic E-state index is 12.9. The predicted molar refractivity (Wildman–Crippen MR) is 63.5 cm³/mol. The van der Waals surface area contributed by atoms with Gasteiger partial charge in [0.25, 0.3) is 0 Å². The van der Waals surface area contributed by atoms with Crippen molar-refractivity contribution in [3.05, 3.63) is 23.9 Å². The van der Waals surface area contributed by atoms with Crippen molar-refractivity contribution in [2.75, 3.05) is 18.0 Å². The van der Waals surface area contributed by atoms with Gasteiger partial charge >= 0.3 is 6.18 Å². The van der Waals surface area contributed by atoms with Crippen molar-refractivity contribution in [3.8, 4) is 0 Å². The maximum atomic E-state index is 12.9. The minimum atomic E-state index is -4.36. The standard InChI is InChI=1S/C12H16F3N3/c1-8-7-18(9(2)6-17-8)11-10(12(13,14)15)4-3-5-16-11/h3-5,8-9,17H,6-7H2,1-2H3. The van der Waals surface area contributed by atoms with Crippen molar-refractivity contribution in [2.45, 2.75) is 32.1 Å². The third-order valence-electron chi connectivity index (χ3n) is 3.13. The van der Waals surface area contributed by atoms with Crippen LogP contribution in [0, 0.1) is 0 Å². The van der Waals surface area contributed by atoms with Gasteiger partial charge in [0.1, 0.15) is 5.82 Å². The van der Waals surface area contributed by atoms with Crippen molar-refractivity contribution in [1.29, 1.82) is 0 Å². The van der Waals surface area contributed by atoms with E-state index in [1.165, 1.54) is 12.3 Å². The first kappa shape index (κ1) is 13.1. The van der Waals surface area contributed by atoms with E-state index in [4.69, 9.17) is 0 Å². The van der Waals surface area contributed by atoms with E-state index in [0.717, 1.165) is 6.07 Å². The molecule has 1 fully saturated rings. The van der Waals surface area contributed by atoms with Crippen LogP contribution in [-0.4, -0.2) is 30.2 Å². The number of hydrogen-bond acceptors (Lipinski definition) is 3. The first-order chi connectivity index (χ1) is 8.39. The highest BCUT2D eigenvalue weighted by Gasteiger charge is 2.37. The summed E-state index contributed by atoms with van der Waals surface area (Å²) in [6.07, 6.45) is -2.96. The number of hydrogen-bond donors (Lipinski definition) is 1. The quantitative estimate of drug-likeness (QED) is 0.838. The Balaban J connectivity index is 2.38. The minimum Gasteiger partial charge on any atom is -0.351 e. The first-order valence-electron chi connectivity index (χ1n) is 5.92. The number of nitrogens with zero attached hydrogens (tertiary/aromatic N) is 2. The molecule has 1 N–H and O–H groups in total. The molecule has 1 aromatic rings. The van der Waals surface area contributed by atoms with Crippen LogP contribution in [-0.2, 0) is 6.18 Å². The van der Waals surface area contributed by atoms with Crippen molar-refractivity contribution < 1.29 is 13.2 Å². The second kappa shape index (κ2) is 4.76. The van der Waals surface area contributed by atoms with E-state index >= 15 is 0 Å². The molecule has 0 aliphatic carbocycles. The minimum absolute atomic E-state index is 0.00259. The van der Waals surface area contributed by atoms with Crippen LogP contribution in [0.3, 0.4) is 0 Å². The van der Waals surface area contributed by atoms with Crippen LogP contribution >= 0.6 is 0 Å². The summed E-state index contributed by atoms with van der Waals surface area (Å²) < 4.78 is 38.8. The van der Waals surface area contributed by atoms with Gasteiger partial charge in [-0.25, -0.2) is 4.98 Å². The lowest BCUT2D eigenvalue weighted by Gasteiger charge is -2.39. The summed E-state index contributed by atoms with van der Waals surface area (Å²) in [5.41, 5.74) is -0.661. The molecule has 0 amide bonds. The van der Waals surface area contributed by atoms with E-state index < -0.39 is 11.7 Å². The molecule has 1 aliphatic heterocycles. The molecular formula is C12H16F3N3. The van der Waals surface area contributed by atoms with E-state index in [2.05, 4.69) is 10.3 Å². The number of pyridine rings is 1. The molecule has 0 saturated carbocycles. The highest BCUT2D eigenvalue weighted by molar-refractivity contribution is 5.50. The zero-order chi connectivity index (χ0) is 13.3. The fourth-order valence-corrected chi connectivity index (χ4v) is 2.16. The number of rotatable bonds is 1. The van der Waals surface area contributed by atoms with Gasteiger partial charge in [-0.1, -0.05) is 0 Å². The lowest BCUT2D eigenvalue weighted by atomic mass is 10.1. The van der Waals surface area contributed by atoms with Gasteiger partial charge in [-0.2, -0.15) is 13.2 Å². The molecular weight excluding hydrogens is 243 g/mol. The zero-order valence-electron chi connectivity index (χ0n) is 10.3. The van der Waals surface area contributed by atoms with Gasteiger partial charge in [-0.05, 0) is 26.0 Å². The Bertz CT molecular complexity index is 419. The Morgan fingerprint density at radius 1 is 1.39 bits per heavy atom. The topological polar surface area (TPSA) is 28.2 Å². The summed E-state index contributed by atoms with van der Waals surface area (Å²) in [4.78, 5) is 5.66. The molecule has 0 bridgehead atoms. The van der Waals surface area contributed by atoms with Gasteiger partial charge in [0.05, 0.1) is 5.56 Å². The fourth-order valence-electron chi connectivity index (χ4n) is 2.16. The summed E-state index contributed by atoms with van der Waals surface area (Å²) in [6, 6.07) is 2.56. The highest BCUT2D eigenvalue weighted by Crippen LogP contribution is 2.36. The molecule has 0 aromatic carbocycles. The number of halogens is 3. The number of anilines is 1. The molecule has 1 aromatic heterocycles. The van der Waals surface area contributed by atoms with Crippen LogP contribution in [0.5, 0.6) is 0 Å². The second-order valence-corrected chi connectivity index (χ2v) is 4.68. The fraction of sp³-hybridized carbons (Fsp3) is 0.583. The van der Waals surface area contributed by atoms with Gasteiger partial charge in [0, 0.05) is 31.4 Å². The Labute approximate surface area is 104 Å². The Kier molecular flexibility index (Phi) is 3.47.